The third-order valence-corrected chi connectivity index (χ3v) is 3.50. The number of hydrogen-bond acceptors (Lipinski definition) is 3. The molecule has 0 bridgehead atoms. The monoisotopic (exact) mass is 281 g/mol. The van der Waals surface area contributed by atoms with Gasteiger partial charge in [0.25, 0.3) is 0 Å². The SMILES string of the molecule is COc1ccc(CCNc2nc3ccc(C)cc3[nH]2)cc1. The molecule has 0 amide bonds. The fraction of sp³-hybridized carbons (Fsp3) is 0.235. The van der Waals surface area contributed by atoms with Crippen LogP contribution in [-0.2, 0) is 6.42 Å². The second-order valence-corrected chi connectivity index (χ2v) is 5.13. The molecule has 0 spiro atoms. The highest BCUT2D eigenvalue weighted by Gasteiger charge is 2.02. The molecule has 1 aromatic heterocycles. The third-order valence-electron chi connectivity index (χ3n) is 3.50. The molecule has 4 nitrogen and oxygen atoms in total. The minimum absolute atomic E-state index is 0.823. The highest BCUT2D eigenvalue weighted by atomic mass is 16.5. The van der Waals surface area contributed by atoms with E-state index >= 15 is 0 Å². The summed E-state index contributed by atoms with van der Waals surface area (Å²) in [4.78, 5) is 7.82. The van der Waals surface area contributed by atoms with Crippen molar-refractivity contribution in [2.75, 3.05) is 19.0 Å². The summed E-state index contributed by atoms with van der Waals surface area (Å²) in [6.07, 6.45) is 0.945. The van der Waals surface area contributed by atoms with Crippen LogP contribution in [0.4, 0.5) is 5.95 Å². The highest BCUT2D eigenvalue weighted by molar-refractivity contribution is 5.78. The number of nitrogens with one attached hydrogen (secondary N) is 2. The Bertz CT molecular complexity index is 731. The number of H-pyrrole nitrogens is 1. The van der Waals surface area contributed by atoms with E-state index in [1.165, 1.54) is 11.1 Å². The smallest absolute Gasteiger partial charge is 0.201 e. The van der Waals surface area contributed by atoms with Crippen LogP contribution in [0.5, 0.6) is 5.75 Å². The summed E-state index contributed by atoms with van der Waals surface area (Å²) in [5, 5.41) is 3.33. The van der Waals surface area contributed by atoms with Gasteiger partial charge in [-0.2, -0.15) is 0 Å². The number of methoxy groups -OCH3 is 1. The van der Waals surface area contributed by atoms with E-state index in [-0.39, 0.29) is 0 Å². The lowest BCUT2D eigenvalue weighted by atomic mass is 10.1. The Balaban J connectivity index is 1.60. The molecule has 0 aliphatic carbocycles. The topological polar surface area (TPSA) is 49.9 Å². The summed E-state index contributed by atoms with van der Waals surface area (Å²) in [6, 6.07) is 14.4. The van der Waals surface area contributed by atoms with E-state index in [1.807, 2.05) is 18.2 Å². The first-order chi connectivity index (χ1) is 10.2. The van der Waals surface area contributed by atoms with Crippen LogP contribution in [0.2, 0.25) is 0 Å². The molecule has 2 N–H and O–H groups in total. The van der Waals surface area contributed by atoms with Crippen molar-refractivity contribution in [1.29, 1.82) is 0 Å². The average Bonchev–Trinajstić information content (AvgIpc) is 2.89. The van der Waals surface area contributed by atoms with Crippen LogP contribution in [0.1, 0.15) is 11.1 Å². The van der Waals surface area contributed by atoms with Crippen LogP contribution in [0, 0.1) is 6.92 Å². The second kappa shape index (κ2) is 5.87. The molecule has 1 heterocycles. The zero-order valence-electron chi connectivity index (χ0n) is 12.3. The molecule has 2 aromatic carbocycles. The van der Waals surface area contributed by atoms with E-state index in [9.17, 15) is 0 Å². The summed E-state index contributed by atoms with van der Waals surface area (Å²) in [5.74, 6) is 1.71. The van der Waals surface area contributed by atoms with E-state index < -0.39 is 0 Å². The summed E-state index contributed by atoms with van der Waals surface area (Å²) >= 11 is 0. The quantitative estimate of drug-likeness (QED) is 0.752. The van der Waals surface area contributed by atoms with Gasteiger partial charge in [-0.05, 0) is 48.7 Å². The number of aromatic amines is 1. The summed E-state index contributed by atoms with van der Waals surface area (Å²) < 4.78 is 5.16. The molecular formula is C17H19N3O. The van der Waals surface area contributed by atoms with Crippen molar-refractivity contribution >= 4 is 17.0 Å². The zero-order chi connectivity index (χ0) is 14.7. The molecule has 4 heteroatoms. The molecule has 108 valence electrons. The summed E-state index contributed by atoms with van der Waals surface area (Å²) in [7, 11) is 1.68. The predicted molar refractivity (Wildman–Crippen MR) is 86.0 cm³/mol. The molecule has 0 aliphatic heterocycles. The van der Waals surface area contributed by atoms with E-state index in [0.29, 0.717) is 0 Å². The average molecular weight is 281 g/mol. The molecular weight excluding hydrogens is 262 g/mol. The van der Waals surface area contributed by atoms with E-state index in [1.54, 1.807) is 7.11 Å². The van der Waals surface area contributed by atoms with Crippen molar-refractivity contribution in [3.8, 4) is 5.75 Å². The fourth-order valence-electron chi connectivity index (χ4n) is 2.32. The van der Waals surface area contributed by atoms with Gasteiger partial charge in [0.1, 0.15) is 5.75 Å². The van der Waals surface area contributed by atoms with Gasteiger partial charge in [0.2, 0.25) is 5.95 Å². The largest absolute Gasteiger partial charge is 0.497 e. The van der Waals surface area contributed by atoms with Crippen LogP contribution >= 0.6 is 0 Å². The Kier molecular flexibility index (Phi) is 3.77. The van der Waals surface area contributed by atoms with Gasteiger partial charge in [0.05, 0.1) is 18.1 Å². The second-order valence-electron chi connectivity index (χ2n) is 5.13. The molecule has 0 radical (unpaired) electrons. The molecule has 0 fully saturated rings. The minimum Gasteiger partial charge on any atom is -0.497 e. The number of hydrogen-bond donors (Lipinski definition) is 2. The predicted octanol–water partition coefficient (Wildman–Crippen LogP) is 3.53. The van der Waals surface area contributed by atoms with Gasteiger partial charge >= 0.3 is 0 Å². The number of rotatable bonds is 5. The number of aryl methyl sites for hydroxylation is 1. The van der Waals surface area contributed by atoms with Crippen LogP contribution in [0.3, 0.4) is 0 Å². The van der Waals surface area contributed by atoms with Gasteiger partial charge in [-0.1, -0.05) is 18.2 Å². The number of nitrogens with zero attached hydrogens (tertiary/aromatic N) is 1. The van der Waals surface area contributed by atoms with Gasteiger partial charge < -0.3 is 15.0 Å². The van der Waals surface area contributed by atoms with Gasteiger partial charge in [-0.25, -0.2) is 4.98 Å². The number of anilines is 1. The van der Waals surface area contributed by atoms with Crippen molar-refractivity contribution in [3.05, 3.63) is 53.6 Å². The summed E-state index contributed by atoms with van der Waals surface area (Å²) in [6.45, 7) is 2.92. The lowest BCUT2D eigenvalue weighted by Crippen LogP contribution is -2.05. The first kappa shape index (κ1) is 13.5. The minimum atomic E-state index is 0.823. The van der Waals surface area contributed by atoms with Crippen molar-refractivity contribution in [2.45, 2.75) is 13.3 Å². The number of ether oxygens (including phenoxy) is 1. The van der Waals surface area contributed by atoms with Crippen molar-refractivity contribution in [3.63, 3.8) is 0 Å². The van der Waals surface area contributed by atoms with Crippen LogP contribution in [-0.4, -0.2) is 23.6 Å². The standard InChI is InChI=1S/C17H19N3O/c1-12-3-8-15-16(11-12)20-17(19-15)18-10-9-13-4-6-14(21-2)7-5-13/h3-8,11H,9-10H2,1-2H3,(H2,18,19,20). The lowest BCUT2D eigenvalue weighted by molar-refractivity contribution is 0.414. The maximum absolute atomic E-state index is 5.16. The molecule has 0 saturated carbocycles. The number of fused-ring (bicyclic) bond motifs is 1. The Hall–Kier alpha value is -2.49. The van der Waals surface area contributed by atoms with Gasteiger partial charge in [-0.15, -0.1) is 0 Å². The molecule has 0 atom stereocenters. The van der Waals surface area contributed by atoms with Crippen LogP contribution in [0.25, 0.3) is 11.0 Å². The van der Waals surface area contributed by atoms with Gasteiger partial charge in [0, 0.05) is 6.54 Å². The first-order valence-corrected chi connectivity index (χ1v) is 7.08. The van der Waals surface area contributed by atoms with Crippen LogP contribution in [0.15, 0.2) is 42.5 Å². The Morgan fingerprint density at radius 2 is 1.95 bits per heavy atom. The van der Waals surface area contributed by atoms with Crippen molar-refractivity contribution in [1.82, 2.24) is 9.97 Å². The third kappa shape index (κ3) is 3.16. The molecule has 3 aromatic rings. The van der Waals surface area contributed by atoms with Gasteiger partial charge in [0.15, 0.2) is 0 Å². The first-order valence-electron chi connectivity index (χ1n) is 7.08. The highest BCUT2D eigenvalue weighted by Crippen LogP contribution is 2.16. The van der Waals surface area contributed by atoms with E-state index in [2.05, 4.69) is 46.5 Å². The Morgan fingerprint density at radius 1 is 1.14 bits per heavy atom. The zero-order valence-corrected chi connectivity index (χ0v) is 12.3. The van der Waals surface area contributed by atoms with Crippen molar-refractivity contribution < 1.29 is 4.74 Å². The Labute approximate surface area is 124 Å². The number of benzene rings is 2. The molecule has 21 heavy (non-hydrogen) atoms. The molecule has 0 aliphatic rings. The maximum atomic E-state index is 5.16. The Morgan fingerprint density at radius 3 is 2.71 bits per heavy atom. The molecule has 3 rings (SSSR count). The summed E-state index contributed by atoms with van der Waals surface area (Å²) in [5.41, 5.74) is 4.57. The molecule has 0 saturated heterocycles. The molecule has 0 unspecified atom stereocenters. The van der Waals surface area contributed by atoms with Gasteiger partial charge in [-0.3, -0.25) is 0 Å². The number of imidazole rings is 1. The van der Waals surface area contributed by atoms with Crippen LogP contribution < -0.4 is 10.1 Å². The van der Waals surface area contributed by atoms with Crippen molar-refractivity contribution in [2.24, 2.45) is 0 Å². The lowest BCUT2D eigenvalue weighted by Gasteiger charge is -2.04. The normalized spacial score (nSPS) is 10.8. The number of aromatic nitrogens is 2. The maximum Gasteiger partial charge on any atom is 0.201 e. The van der Waals surface area contributed by atoms with E-state index in [4.69, 9.17) is 4.74 Å². The van der Waals surface area contributed by atoms with E-state index in [0.717, 1.165) is 35.7 Å². The fourth-order valence-corrected chi connectivity index (χ4v) is 2.32.